The molecule has 0 aromatic heterocycles. The van der Waals surface area contributed by atoms with E-state index in [1.54, 1.807) is 9.80 Å². The number of benzene rings is 1. The molecule has 0 aliphatic carbocycles. The predicted molar refractivity (Wildman–Crippen MR) is 97.7 cm³/mol. The highest BCUT2D eigenvalue weighted by molar-refractivity contribution is 5.97. The van der Waals surface area contributed by atoms with Crippen molar-refractivity contribution in [3.8, 4) is 5.75 Å². The van der Waals surface area contributed by atoms with E-state index < -0.39 is 6.36 Å². The molecule has 2 saturated heterocycles. The number of anilines is 1. The van der Waals surface area contributed by atoms with Crippen LogP contribution in [0.15, 0.2) is 24.3 Å². The fourth-order valence-electron chi connectivity index (χ4n) is 4.10. The van der Waals surface area contributed by atoms with Crippen LogP contribution in [0.2, 0.25) is 0 Å². The minimum absolute atomic E-state index is 0.0682. The van der Waals surface area contributed by atoms with Crippen molar-refractivity contribution >= 4 is 17.5 Å². The molecule has 2 aliphatic heterocycles. The summed E-state index contributed by atoms with van der Waals surface area (Å²) in [6.45, 7) is 7.45. The van der Waals surface area contributed by atoms with E-state index >= 15 is 0 Å². The van der Waals surface area contributed by atoms with E-state index in [-0.39, 0.29) is 34.8 Å². The van der Waals surface area contributed by atoms with Gasteiger partial charge in [-0.1, -0.05) is 20.8 Å². The van der Waals surface area contributed by atoms with Crippen LogP contribution in [0, 0.1) is 17.3 Å². The second-order valence-electron chi connectivity index (χ2n) is 8.36. The zero-order valence-electron chi connectivity index (χ0n) is 16.3. The maximum atomic E-state index is 13.1. The third-order valence-corrected chi connectivity index (χ3v) is 5.58. The molecule has 0 radical (unpaired) electrons. The SMILES string of the molecule is CC(C)CC(=O)N1C[C@H]2C(=O)N(c3ccc(OC(F)(F)F)cc3)CC[C@@]2(C)C1. The van der Waals surface area contributed by atoms with Crippen LogP contribution in [0.25, 0.3) is 0 Å². The molecule has 2 aliphatic rings. The Balaban J connectivity index is 1.72. The molecule has 1 aromatic carbocycles. The van der Waals surface area contributed by atoms with Gasteiger partial charge in [-0.15, -0.1) is 13.2 Å². The number of fused-ring (bicyclic) bond motifs is 1. The van der Waals surface area contributed by atoms with Crippen LogP contribution in [0.3, 0.4) is 0 Å². The highest BCUT2D eigenvalue weighted by Crippen LogP contribution is 2.44. The van der Waals surface area contributed by atoms with Gasteiger partial charge in [0.25, 0.3) is 0 Å². The van der Waals surface area contributed by atoms with E-state index in [0.29, 0.717) is 31.7 Å². The average Bonchev–Trinajstić information content (AvgIpc) is 2.93. The van der Waals surface area contributed by atoms with Crippen LogP contribution in [0.1, 0.15) is 33.6 Å². The lowest BCUT2D eigenvalue weighted by atomic mass is 9.73. The monoisotopic (exact) mass is 398 g/mol. The summed E-state index contributed by atoms with van der Waals surface area (Å²) in [6, 6.07) is 5.32. The van der Waals surface area contributed by atoms with Crippen LogP contribution in [-0.4, -0.2) is 42.7 Å². The molecular formula is C20H25F3N2O3. The third-order valence-electron chi connectivity index (χ3n) is 5.58. The lowest BCUT2D eigenvalue weighted by Gasteiger charge is -2.40. The number of carbonyl (C=O) groups excluding carboxylic acids is 2. The number of hydrogen-bond donors (Lipinski definition) is 0. The number of piperidine rings is 1. The molecule has 0 spiro atoms. The summed E-state index contributed by atoms with van der Waals surface area (Å²) in [6.07, 6.45) is -3.56. The summed E-state index contributed by atoms with van der Waals surface area (Å²) in [5.74, 6) is -0.385. The van der Waals surface area contributed by atoms with Gasteiger partial charge in [0.2, 0.25) is 11.8 Å². The first-order chi connectivity index (χ1) is 13.0. The standard InChI is InChI=1S/C20H25F3N2O3/c1-13(2)10-17(26)24-11-16-18(27)25(9-8-19(16,3)12-24)14-4-6-15(7-5-14)28-20(21,22)23/h4-7,13,16H,8-12H2,1-3H3/t16-,19-/m0/s1. The van der Waals surface area contributed by atoms with Crippen molar-refractivity contribution in [3.63, 3.8) is 0 Å². The van der Waals surface area contributed by atoms with Crippen LogP contribution < -0.4 is 9.64 Å². The molecule has 3 rings (SSSR count). The smallest absolute Gasteiger partial charge is 0.406 e. The molecule has 0 N–H and O–H groups in total. The molecule has 0 unspecified atom stereocenters. The Morgan fingerprint density at radius 3 is 2.50 bits per heavy atom. The van der Waals surface area contributed by atoms with E-state index in [1.165, 1.54) is 24.3 Å². The molecule has 0 saturated carbocycles. The molecular weight excluding hydrogens is 373 g/mol. The fourth-order valence-corrected chi connectivity index (χ4v) is 4.10. The van der Waals surface area contributed by atoms with Crippen LogP contribution in [0.4, 0.5) is 18.9 Å². The number of nitrogens with zero attached hydrogens (tertiary/aromatic N) is 2. The van der Waals surface area contributed by atoms with Gasteiger partial charge in [0.1, 0.15) is 5.75 Å². The van der Waals surface area contributed by atoms with E-state index in [1.807, 2.05) is 20.8 Å². The molecule has 1 aromatic rings. The highest BCUT2D eigenvalue weighted by Gasteiger charge is 2.52. The zero-order valence-corrected chi connectivity index (χ0v) is 16.3. The van der Waals surface area contributed by atoms with Crippen molar-refractivity contribution in [2.75, 3.05) is 24.5 Å². The number of hydrogen-bond acceptors (Lipinski definition) is 3. The van der Waals surface area contributed by atoms with Crippen LogP contribution >= 0.6 is 0 Å². The number of carbonyl (C=O) groups is 2. The molecule has 28 heavy (non-hydrogen) atoms. The van der Waals surface area contributed by atoms with Gasteiger partial charge >= 0.3 is 6.36 Å². The van der Waals surface area contributed by atoms with Crippen molar-refractivity contribution in [2.45, 2.75) is 40.0 Å². The Morgan fingerprint density at radius 1 is 1.29 bits per heavy atom. The van der Waals surface area contributed by atoms with E-state index in [0.717, 1.165) is 6.42 Å². The van der Waals surface area contributed by atoms with Gasteiger partial charge in [0.05, 0.1) is 5.92 Å². The first-order valence-electron chi connectivity index (χ1n) is 9.43. The van der Waals surface area contributed by atoms with Gasteiger partial charge in [-0.3, -0.25) is 9.59 Å². The first kappa shape index (κ1) is 20.5. The average molecular weight is 398 g/mol. The van der Waals surface area contributed by atoms with Crippen LogP contribution in [-0.2, 0) is 9.59 Å². The second kappa shape index (κ2) is 7.29. The molecule has 8 heteroatoms. The summed E-state index contributed by atoms with van der Waals surface area (Å²) in [5, 5.41) is 0. The van der Waals surface area contributed by atoms with Gasteiger partial charge in [-0.2, -0.15) is 0 Å². The van der Waals surface area contributed by atoms with Gasteiger partial charge < -0.3 is 14.5 Å². The minimum Gasteiger partial charge on any atom is -0.406 e. The van der Waals surface area contributed by atoms with Gasteiger partial charge in [0, 0.05) is 37.2 Å². The van der Waals surface area contributed by atoms with Gasteiger partial charge in [-0.25, -0.2) is 0 Å². The third kappa shape index (κ3) is 4.25. The maximum absolute atomic E-state index is 13.1. The molecule has 2 fully saturated rings. The number of ether oxygens (including phenoxy) is 1. The van der Waals surface area contributed by atoms with Crippen molar-refractivity contribution in [2.24, 2.45) is 17.3 Å². The Bertz CT molecular complexity index is 748. The second-order valence-corrected chi connectivity index (χ2v) is 8.36. The van der Waals surface area contributed by atoms with Crippen molar-refractivity contribution in [1.29, 1.82) is 0 Å². The number of amides is 2. The lowest BCUT2D eigenvalue weighted by molar-refractivity contribution is -0.274. The van der Waals surface area contributed by atoms with Crippen molar-refractivity contribution < 1.29 is 27.5 Å². The number of halogens is 3. The number of rotatable bonds is 4. The van der Waals surface area contributed by atoms with Crippen molar-refractivity contribution in [1.82, 2.24) is 4.90 Å². The Labute approximate surface area is 162 Å². The lowest BCUT2D eigenvalue weighted by Crippen LogP contribution is -2.50. The fraction of sp³-hybridized carbons (Fsp3) is 0.600. The number of alkyl halides is 3. The minimum atomic E-state index is -4.75. The van der Waals surface area contributed by atoms with Gasteiger partial charge in [0.15, 0.2) is 0 Å². The molecule has 154 valence electrons. The summed E-state index contributed by atoms with van der Waals surface area (Å²) in [7, 11) is 0. The molecule has 2 atom stereocenters. The molecule has 0 bridgehead atoms. The molecule has 2 amide bonds. The Morgan fingerprint density at radius 2 is 1.93 bits per heavy atom. The van der Waals surface area contributed by atoms with E-state index in [4.69, 9.17) is 0 Å². The summed E-state index contributed by atoms with van der Waals surface area (Å²) in [4.78, 5) is 28.9. The van der Waals surface area contributed by atoms with Crippen molar-refractivity contribution in [3.05, 3.63) is 24.3 Å². The maximum Gasteiger partial charge on any atom is 0.573 e. The molecule has 5 nitrogen and oxygen atoms in total. The van der Waals surface area contributed by atoms with Gasteiger partial charge in [-0.05, 0) is 36.6 Å². The zero-order chi connectivity index (χ0) is 20.7. The van der Waals surface area contributed by atoms with E-state index in [9.17, 15) is 22.8 Å². The Hall–Kier alpha value is -2.25. The first-order valence-corrected chi connectivity index (χ1v) is 9.43. The normalized spacial score (nSPS) is 25.2. The summed E-state index contributed by atoms with van der Waals surface area (Å²) >= 11 is 0. The molecule has 2 heterocycles. The van der Waals surface area contributed by atoms with Crippen LogP contribution in [0.5, 0.6) is 5.75 Å². The largest absolute Gasteiger partial charge is 0.573 e. The summed E-state index contributed by atoms with van der Waals surface area (Å²) in [5.41, 5.74) is 0.271. The quantitative estimate of drug-likeness (QED) is 0.775. The summed E-state index contributed by atoms with van der Waals surface area (Å²) < 4.78 is 40.8. The number of likely N-dealkylation sites (tertiary alicyclic amines) is 1. The van der Waals surface area contributed by atoms with E-state index in [2.05, 4.69) is 4.74 Å². The Kier molecular flexibility index (Phi) is 5.34. The topological polar surface area (TPSA) is 49.9 Å². The highest BCUT2D eigenvalue weighted by atomic mass is 19.4. The predicted octanol–water partition coefficient (Wildman–Crippen LogP) is 3.83.